The third-order valence-corrected chi connectivity index (χ3v) is 3.32. The van der Waals surface area contributed by atoms with Crippen LogP contribution in [0.2, 0.25) is 0 Å². The molecular weight excluding hydrogens is 242 g/mol. The SMILES string of the molecule is C#CCCN1CCN(c2ccc3nnnn3n2)CC1. The smallest absolute Gasteiger partial charge is 0.200 e. The summed E-state index contributed by atoms with van der Waals surface area (Å²) in [6.07, 6.45) is 6.10. The van der Waals surface area contributed by atoms with Gasteiger partial charge in [-0.1, -0.05) is 0 Å². The highest BCUT2D eigenvalue weighted by Crippen LogP contribution is 2.13. The second-order valence-corrected chi connectivity index (χ2v) is 4.50. The van der Waals surface area contributed by atoms with Gasteiger partial charge in [-0.15, -0.1) is 27.2 Å². The maximum atomic E-state index is 5.29. The Kier molecular flexibility index (Phi) is 3.25. The summed E-state index contributed by atoms with van der Waals surface area (Å²) in [5.41, 5.74) is 0.663. The van der Waals surface area contributed by atoms with Gasteiger partial charge in [-0.05, 0) is 22.6 Å². The third kappa shape index (κ3) is 2.48. The molecule has 7 heteroatoms. The molecule has 0 saturated carbocycles. The molecule has 98 valence electrons. The monoisotopic (exact) mass is 257 g/mol. The quantitative estimate of drug-likeness (QED) is 0.701. The summed E-state index contributed by atoms with van der Waals surface area (Å²) >= 11 is 0. The first-order valence-corrected chi connectivity index (χ1v) is 6.33. The molecule has 1 fully saturated rings. The number of terminal acetylenes is 1. The number of tetrazole rings is 1. The molecule has 3 rings (SSSR count). The van der Waals surface area contributed by atoms with Crippen LogP contribution in [0, 0.1) is 12.3 Å². The number of hydrogen-bond acceptors (Lipinski definition) is 6. The van der Waals surface area contributed by atoms with Crippen LogP contribution in [0.25, 0.3) is 5.65 Å². The zero-order valence-corrected chi connectivity index (χ0v) is 10.6. The van der Waals surface area contributed by atoms with Crippen LogP contribution in [0.5, 0.6) is 0 Å². The number of aromatic nitrogens is 5. The maximum absolute atomic E-state index is 5.29. The summed E-state index contributed by atoms with van der Waals surface area (Å²) in [7, 11) is 0. The van der Waals surface area contributed by atoms with Gasteiger partial charge in [-0.2, -0.15) is 0 Å². The van der Waals surface area contributed by atoms with Crippen molar-refractivity contribution in [1.82, 2.24) is 30.2 Å². The highest BCUT2D eigenvalue weighted by molar-refractivity contribution is 5.44. The fourth-order valence-corrected chi connectivity index (χ4v) is 2.23. The predicted octanol–water partition coefficient (Wildman–Crippen LogP) is -0.335. The fourth-order valence-electron chi connectivity index (χ4n) is 2.23. The lowest BCUT2D eigenvalue weighted by atomic mass is 10.3. The fraction of sp³-hybridized carbons (Fsp3) is 0.500. The van der Waals surface area contributed by atoms with Crippen molar-refractivity contribution >= 4 is 11.5 Å². The Labute approximate surface area is 111 Å². The van der Waals surface area contributed by atoms with Crippen molar-refractivity contribution in [2.24, 2.45) is 0 Å². The largest absolute Gasteiger partial charge is 0.353 e. The topological polar surface area (TPSA) is 62.5 Å². The van der Waals surface area contributed by atoms with Crippen LogP contribution in [-0.2, 0) is 0 Å². The molecule has 2 aromatic rings. The van der Waals surface area contributed by atoms with E-state index in [1.54, 1.807) is 0 Å². The Morgan fingerprint density at radius 2 is 2.05 bits per heavy atom. The Balaban J connectivity index is 1.66. The molecule has 0 bridgehead atoms. The molecule has 0 spiro atoms. The van der Waals surface area contributed by atoms with Gasteiger partial charge in [0.1, 0.15) is 0 Å². The Bertz CT molecular complexity index is 591. The number of nitrogens with zero attached hydrogens (tertiary/aromatic N) is 7. The number of fused-ring (bicyclic) bond motifs is 1. The van der Waals surface area contributed by atoms with Crippen molar-refractivity contribution in [3.05, 3.63) is 12.1 Å². The molecule has 0 N–H and O–H groups in total. The van der Waals surface area contributed by atoms with Crippen LogP contribution in [0.4, 0.5) is 5.82 Å². The molecular formula is C12H15N7. The lowest BCUT2D eigenvalue weighted by Gasteiger charge is -2.34. The van der Waals surface area contributed by atoms with Crippen LogP contribution in [-0.4, -0.2) is 62.9 Å². The molecule has 0 amide bonds. The van der Waals surface area contributed by atoms with E-state index in [-0.39, 0.29) is 0 Å². The highest BCUT2D eigenvalue weighted by atomic mass is 15.6. The minimum atomic E-state index is 0.663. The van der Waals surface area contributed by atoms with Crippen molar-refractivity contribution in [3.8, 4) is 12.3 Å². The zero-order chi connectivity index (χ0) is 13.1. The van der Waals surface area contributed by atoms with Crippen LogP contribution in [0.15, 0.2) is 12.1 Å². The Morgan fingerprint density at radius 3 is 2.84 bits per heavy atom. The molecule has 2 aromatic heterocycles. The average Bonchev–Trinajstić information content (AvgIpc) is 2.93. The molecule has 19 heavy (non-hydrogen) atoms. The zero-order valence-electron chi connectivity index (χ0n) is 10.6. The Morgan fingerprint density at radius 1 is 1.21 bits per heavy atom. The van der Waals surface area contributed by atoms with Gasteiger partial charge in [0, 0.05) is 39.1 Å². The minimum absolute atomic E-state index is 0.663. The molecule has 7 nitrogen and oxygen atoms in total. The van der Waals surface area contributed by atoms with E-state index < -0.39 is 0 Å². The number of rotatable bonds is 3. The van der Waals surface area contributed by atoms with Gasteiger partial charge in [-0.3, -0.25) is 4.90 Å². The van der Waals surface area contributed by atoms with E-state index in [1.807, 2.05) is 12.1 Å². The number of piperazine rings is 1. The predicted molar refractivity (Wildman–Crippen MR) is 70.7 cm³/mol. The first kappa shape index (κ1) is 11.9. The summed E-state index contributed by atoms with van der Waals surface area (Å²) in [4.78, 5) is 4.62. The molecule has 0 aromatic carbocycles. The molecule has 1 aliphatic rings. The van der Waals surface area contributed by atoms with Crippen molar-refractivity contribution in [1.29, 1.82) is 0 Å². The molecule has 1 saturated heterocycles. The van der Waals surface area contributed by atoms with Crippen molar-refractivity contribution < 1.29 is 0 Å². The van der Waals surface area contributed by atoms with Gasteiger partial charge in [0.15, 0.2) is 11.5 Å². The molecule has 0 radical (unpaired) electrons. The lowest BCUT2D eigenvalue weighted by Crippen LogP contribution is -2.47. The van der Waals surface area contributed by atoms with Gasteiger partial charge in [0.05, 0.1) is 0 Å². The van der Waals surface area contributed by atoms with Gasteiger partial charge < -0.3 is 4.90 Å². The lowest BCUT2D eigenvalue weighted by molar-refractivity contribution is 0.263. The van der Waals surface area contributed by atoms with E-state index in [0.717, 1.165) is 45.0 Å². The van der Waals surface area contributed by atoms with Crippen molar-refractivity contribution in [2.75, 3.05) is 37.6 Å². The molecule has 0 atom stereocenters. The van der Waals surface area contributed by atoms with E-state index in [2.05, 4.69) is 36.3 Å². The van der Waals surface area contributed by atoms with Crippen LogP contribution < -0.4 is 4.90 Å². The summed E-state index contributed by atoms with van der Waals surface area (Å²) in [5, 5.41) is 15.6. The highest BCUT2D eigenvalue weighted by Gasteiger charge is 2.18. The van der Waals surface area contributed by atoms with E-state index in [4.69, 9.17) is 6.42 Å². The maximum Gasteiger partial charge on any atom is 0.200 e. The molecule has 0 unspecified atom stereocenters. The first-order chi connectivity index (χ1) is 9.36. The van der Waals surface area contributed by atoms with Gasteiger partial charge in [0.25, 0.3) is 0 Å². The number of anilines is 1. The Hall–Kier alpha value is -2.20. The summed E-state index contributed by atoms with van der Waals surface area (Å²) in [6.45, 7) is 4.90. The summed E-state index contributed by atoms with van der Waals surface area (Å²) in [5.74, 6) is 3.60. The second-order valence-electron chi connectivity index (χ2n) is 4.50. The van der Waals surface area contributed by atoms with Crippen molar-refractivity contribution in [2.45, 2.75) is 6.42 Å². The summed E-state index contributed by atoms with van der Waals surface area (Å²) < 4.78 is 1.46. The second kappa shape index (κ2) is 5.20. The number of hydrogen-bond donors (Lipinski definition) is 0. The van der Waals surface area contributed by atoms with Gasteiger partial charge in [0.2, 0.25) is 0 Å². The molecule has 1 aliphatic heterocycles. The van der Waals surface area contributed by atoms with E-state index in [1.165, 1.54) is 4.63 Å². The molecule has 0 aliphatic carbocycles. The van der Waals surface area contributed by atoms with Crippen LogP contribution >= 0.6 is 0 Å². The normalized spacial score (nSPS) is 16.7. The third-order valence-electron chi connectivity index (χ3n) is 3.32. The average molecular weight is 257 g/mol. The van der Waals surface area contributed by atoms with Crippen LogP contribution in [0.3, 0.4) is 0 Å². The summed E-state index contributed by atoms with van der Waals surface area (Å²) in [6, 6.07) is 3.84. The van der Waals surface area contributed by atoms with Crippen LogP contribution in [0.1, 0.15) is 6.42 Å². The van der Waals surface area contributed by atoms with E-state index >= 15 is 0 Å². The minimum Gasteiger partial charge on any atom is -0.353 e. The van der Waals surface area contributed by atoms with E-state index in [0.29, 0.717) is 5.65 Å². The van der Waals surface area contributed by atoms with Gasteiger partial charge >= 0.3 is 0 Å². The van der Waals surface area contributed by atoms with E-state index in [9.17, 15) is 0 Å². The standard InChI is InChI=1S/C12H15N7/c1-2-3-6-17-7-9-18(10-8-17)12-5-4-11-13-15-16-19(11)14-12/h1,4-5H,3,6-10H2. The first-order valence-electron chi connectivity index (χ1n) is 6.33. The van der Waals surface area contributed by atoms with Gasteiger partial charge in [-0.25, -0.2) is 0 Å². The molecule has 3 heterocycles. The van der Waals surface area contributed by atoms with Crippen molar-refractivity contribution in [3.63, 3.8) is 0 Å².